The van der Waals surface area contributed by atoms with Gasteiger partial charge in [-0.1, -0.05) is 26.0 Å². The summed E-state index contributed by atoms with van der Waals surface area (Å²) in [4.78, 5) is 16.2. The van der Waals surface area contributed by atoms with E-state index < -0.39 is 0 Å². The van der Waals surface area contributed by atoms with Crippen molar-refractivity contribution in [3.8, 4) is 0 Å². The van der Waals surface area contributed by atoms with Gasteiger partial charge in [0.15, 0.2) is 0 Å². The fourth-order valence-corrected chi connectivity index (χ4v) is 7.09. The summed E-state index contributed by atoms with van der Waals surface area (Å²) < 4.78 is 5.81. The zero-order chi connectivity index (χ0) is 17.9. The highest BCUT2D eigenvalue weighted by atomic mass is 16.5. The number of hydrogen-bond donors (Lipinski definition) is 0. The van der Waals surface area contributed by atoms with Crippen LogP contribution in [0.3, 0.4) is 0 Å². The van der Waals surface area contributed by atoms with Crippen molar-refractivity contribution >= 4 is 11.5 Å². The van der Waals surface area contributed by atoms with Crippen LogP contribution >= 0.6 is 0 Å². The minimum atomic E-state index is 0.0213. The van der Waals surface area contributed by atoms with Gasteiger partial charge in [-0.25, -0.2) is 0 Å². The monoisotopic (exact) mass is 351 g/mol. The van der Waals surface area contributed by atoms with Crippen molar-refractivity contribution in [1.82, 2.24) is 4.98 Å². The molecule has 0 bridgehead atoms. The van der Waals surface area contributed by atoms with Crippen LogP contribution in [0.4, 0.5) is 0 Å². The molecule has 5 rings (SSSR count). The molecule has 0 aromatic carbocycles. The summed E-state index contributed by atoms with van der Waals surface area (Å²) in [5.74, 6) is 2.21. The van der Waals surface area contributed by atoms with Crippen LogP contribution in [0.5, 0.6) is 0 Å². The van der Waals surface area contributed by atoms with Crippen molar-refractivity contribution in [2.45, 2.75) is 64.9 Å². The highest BCUT2D eigenvalue weighted by Gasteiger charge is 2.59. The SMILES string of the molecule is C[C@]12CCC(=O)OC1CC[C@@H]1[C@@H]2CC[C@]2(C)C(c3cccnc3)=CC[C@@H]12. The molecule has 138 valence electrons. The molecule has 1 aliphatic heterocycles. The zero-order valence-corrected chi connectivity index (χ0v) is 15.9. The van der Waals surface area contributed by atoms with Crippen LogP contribution in [0.15, 0.2) is 30.6 Å². The maximum atomic E-state index is 11.8. The van der Waals surface area contributed by atoms with Gasteiger partial charge in [-0.2, -0.15) is 0 Å². The number of carbonyl (C=O) groups is 1. The van der Waals surface area contributed by atoms with Crippen molar-refractivity contribution < 1.29 is 9.53 Å². The van der Waals surface area contributed by atoms with E-state index >= 15 is 0 Å². The van der Waals surface area contributed by atoms with Gasteiger partial charge < -0.3 is 4.74 Å². The Morgan fingerprint density at radius 2 is 2.04 bits per heavy atom. The van der Waals surface area contributed by atoms with Crippen molar-refractivity contribution in [3.05, 3.63) is 36.2 Å². The predicted octanol–water partition coefficient (Wildman–Crippen LogP) is 5.02. The van der Waals surface area contributed by atoms with Crippen LogP contribution < -0.4 is 0 Å². The van der Waals surface area contributed by atoms with E-state index in [0.29, 0.717) is 12.3 Å². The highest BCUT2D eigenvalue weighted by Crippen LogP contribution is 2.65. The Bertz CT molecular complexity index is 757. The van der Waals surface area contributed by atoms with Gasteiger partial charge in [0.05, 0.1) is 0 Å². The van der Waals surface area contributed by atoms with E-state index in [9.17, 15) is 4.79 Å². The normalized spacial score (nSPS) is 44.4. The summed E-state index contributed by atoms with van der Waals surface area (Å²) in [5, 5.41) is 0. The predicted molar refractivity (Wildman–Crippen MR) is 101 cm³/mol. The lowest BCUT2D eigenvalue weighted by Crippen LogP contribution is -2.56. The van der Waals surface area contributed by atoms with Crippen molar-refractivity contribution in [2.75, 3.05) is 0 Å². The number of nitrogens with zero attached hydrogens (tertiary/aromatic N) is 1. The molecular weight excluding hydrogens is 322 g/mol. The maximum Gasteiger partial charge on any atom is 0.306 e. The number of hydrogen-bond acceptors (Lipinski definition) is 3. The third-order valence-electron chi connectivity index (χ3n) is 8.48. The van der Waals surface area contributed by atoms with E-state index in [1.54, 1.807) is 0 Å². The summed E-state index contributed by atoms with van der Waals surface area (Å²) in [6.07, 6.45) is 14.2. The molecule has 2 heterocycles. The van der Waals surface area contributed by atoms with Gasteiger partial charge in [0.25, 0.3) is 0 Å². The summed E-state index contributed by atoms with van der Waals surface area (Å²) in [6, 6.07) is 4.28. The molecule has 1 unspecified atom stereocenters. The fraction of sp³-hybridized carbons (Fsp3) is 0.652. The molecule has 3 nitrogen and oxygen atoms in total. The van der Waals surface area contributed by atoms with Crippen molar-refractivity contribution in [3.63, 3.8) is 0 Å². The first kappa shape index (κ1) is 16.5. The molecule has 2 saturated carbocycles. The lowest BCUT2D eigenvalue weighted by atomic mass is 9.47. The molecule has 4 aliphatic rings. The molecule has 1 aromatic heterocycles. The van der Waals surface area contributed by atoms with Crippen LogP contribution in [-0.4, -0.2) is 17.1 Å². The van der Waals surface area contributed by atoms with E-state index in [4.69, 9.17) is 4.74 Å². The second kappa shape index (κ2) is 5.68. The highest BCUT2D eigenvalue weighted by molar-refractivity contribution is 5.72. The molecule has 6 atom stereocenters. The van der Waals surface area contributed by atoms with Crippen LogP contribution in [0.25, 0.3) is 5.57 Å². The first-order valence-corrected chi connectivity index (χ1v) is 10.3. The Labute approximate surface area is 156 Å². The number of carbonyl (C=O) groups excluding carboxylic acids is 1. The summed E-state index contributed by atoms with van der Waals surface area (Å²) in [6.45, 7) is 4.91. The Hall–Kier alpha value is -1.64. The van der Waals surface area contributed by atoms with Gasteiger partial charge in [0.1, 0.15) is 6.10 Å². The zero-order valence-electron chi connectivity index (χ0n) is 15.9. The average Bonchev–Trinajstić information content (AvgIpc) is 3.00. The fourth-order valence-electron chi connectivity index (χ4n) is 7.09. The third-order valence-corrected chi connectivity index (χ3v) is 8.48. The van der Waals surface area contributed by atoms with Crippen LogP contribution in [0.1, 0.15) is 64.4 Å². The van der Waals surface area contributed by atoms with Crippen LogP contribution in [0.2, 0.25) is 0 Å². The number of aromatic nitrogens is 1. The standard InChI is InChI=1S/C23H29NO2/c1-22-11-9-19-16(5-8-20-23(19,2)12-10-21(25)26-20)18(22)7-6-17(22)15-4-3-13-24-14-15/h3-4,6,13-14,16,18-20H,5,7-12H2,1-2H3/t16-,18-,19-,20?,22+,23+/m0/s1. The van der Waals surface area contributed by atoms with Crippen LogP contribution in [-0.2, 0) is 9.53 Å². The van der Waals surface area contributed by atoms with Gasteiger partial charge in [0.2, 0.25) is 0 Å². The molecule has 1 aromatic rings. The van der Waals surface area contributed by atoms with Gasteiger partial charge >= 0.3 is 5.97 Å². The molecule has 0 radical (unpaired) electrons. The molecule has 26 heavy (non-hydrogen) atoms. The lowest BCUT2D eigenvalue weighted by molar-refractivity contribution is -0.189. The van der Waals surface area contributed by atoms with E-state index in [-0.39, 0.29) is 22.9 Å². The van der Waals surface area contributed by atoms with Gasteiger partial charge in [0, 0.05) is 24.2 Å². The first-order chi connectivity index (χ1) is 12.5. The number of ether oxygens (including phenoxy) is 1. The van der Waals surface area contributed by atoms with E-state index in [1.165, 1.54) is 36.8 Å². The molecule has 3 aliphatic carbocycles. The van der Waals surface area contributed by atoms with E-state index in [0.717, 1.165) is 24.7 Å². The van der Waals surface area contributed by atoms with Crippen molar-refractivity contribution in [2.24, 2.45) is 28.6 Å². The molecule has 0 spiro atoms. The molecule has 3 fully saturated rings. The summed E-state index contributed by atoms with van der Waals surface area (Å²) >= 11 is 0. The second-order valence-electron chi connectivity index (χ2n) is 9.49. The minimum Gasteiger partial charge on any atom is -0.462 e. The number of fused-ring (bicyclic) bond motifs is 5. The maximum absolute atomic E-state index is 11.8. The van der Waals surface area contributed by atoms with E-state index in [2.05, 4.69) is 37.0 Å². The first-order valence-electron chi connectivity index (χ1n) is 10.3. The third kappa shape index (κ3) is 2.18. The quantitative estimate of drug-likeness (QED) is 0.667. The summed E-state index contributed by atoms with van der Waals surface area (Å²) in [7, 11) is 0. The molecule has 0 amide bonds. The minimum absolute atomic E-state index is 0.0213. The molecule has 3 heteroatoms. The summed E-state index contributed by atoms with van der Waals surface area (Å²) in [5.41, 5.74) is 3.30. The second-order valence-corrected chi connectivity index (χ2v) is 9.49. The largest absolute Gasteiger partial charge is 0.462 e. The van der Waals surface area contributed by atoms with E-state index in [1.807, 2.05) is 12.4 Å². The molecule has 1 saturated heterocycles. The molecular formula is C23H29NO2. The van der Waals surface area contributed by atoms with Gasteiger partial charge in [-0.15, -0.1) is 0 Å². The lowest BCUT2D eigenvalue weighted by Gasteiger charge is -2.59. The number of esters is 1. The topological polar surface area (TPSA) is 39.2 Å². The van der Waals surface area contributed by atoms with Crippen molar-refractivity contribution in [1.29, 1.82) is 0 Å². The smallest absolute Gasteiger partial charge is 0.306 e. The Morgan fingerprint density at radius 1 is 1.15 bits per heavy atom. The Kier molecular flexibility index (Phi) is 3.61. The van der Waals surface area contributed by atoms with Gasteiger partial charge in [-0.05, 0) is 78.9 Å². The number of pyridine rings is 1. The Balaban J connectivity index is 1.45. The number of allylic oxidation sites excluding steroid dienone is 2. The molecule has 0 N–H and O–H groups in total. The Morgan fingerprint density at radius 3 is 2.85 bits per heavy atom. The average molecular weight is 351 g/mol. The van der Waals surface area contributed by atoms with Crippen LogP contribution in [0, 0.1) is 28.6 Å². The number of rotatable bonds is 1. The van der Waals surface area contributed by atoms with Gasteiger partial charge in [-0.3, -0.25) is 9.78 Å².